The lowest BCUT2D eigenvalue weighted by atomic mass is 9.80. The van der Waals surface area contributed by atoms with Gasteiger partial charge in [-0.3, -0.25) is 13.7 Å². The van der Waals surface area contributed by atoms with Gasteiger partial charge in [0, 0.05) is 28.2 Å². The second kappa shape index (κ2) is 13.7. The van der Waals surface area contributed by atoms with E-state index in [1.165, 1.54) is 45.0 Å². The van der Waals surface area contributed by atoms with Gasteiger partial charge in [-0.1, -0.05) is 30.3 Å². The molecule has 0 amide bonds. The molecule has 0 fully saturated rings. The molecule has 283 valence electrons. The molecule has 1 atom stereocenters. The summed E-state index contributed by atoms with van der Waals surface area (Å²) in [7, 11) is -14.6. The molecule has 54 heavy (non-hydrogen) atoms. The number of nitrogens with zero attached hydrogens (tertiary/aromatic N) is 3. The van der Waals surface area contributed by atoms with Crippen LogP contribution < -0.4 is 21.7 Å². The normalized spacial score (nSPS) is 14.6. The molecule has 10 N–H and O–H groups in total. The number of hydrogen-bond donors (Lipinski definition) is 9. The molecule has 18 nitrogen and oxygen atoms in total. The zero-order chi connectivity index (χ0) is 39.7. The summed E-state index contributed by atoms with van der Waals surface area (Å²) in [4.78, 5) is 10.4. The van der Waals surface area contributed by atoms with E-state index in [0.717, 1.165) is 18.2 Å². The monoisotopic (exact) mass is 818 g/mol. The number of nitrogens with one attached hydrogen (secondary N) is 3. The van der Waals surface area contributed by atoms with Crippen LogP contribution in [-0.4, -0.2) is 64.1 Å². The number of anilines is 7. The van der Waals surface area contributed by atoms with E-state index in [4.69, 9.17) is 17.3 Å². The van der Waals surface area contributed by atoms with Gasteiger partial charge in [0.2, 0.25) is 17.2 Å². The molecule has 5 aromatic rings. The zero-order valence-corrected chi connectivity index (χ0v) is 31.2. The first kappa shape index (κ1) is 38.7. The highest BCUT2D eigenvalue weighted by Crippen LogP contribution is 2.49. The molecule has 1 heterocycles. The van der Waals surface area contributed by atoms with E-state index in [2.05, 4.69) is 30.9 Å². The summed E-state index contributed by atoms with van der Waals surface area (Å²) in [5.74, 6) is -0.479. The van der Waals surface area contributed by atoms with E-state index in [0.29, 0.717) is 0 Å². The molecule has 1 unspecified atom stereocenters. The van der Waals surface area contributed by atoms with Crippen molar-refractivity contribution in [2.45, 2.75) is 41.6 Å². The summed E-state index contributed by atoms with van der Waals surface area (Å²) < 4.78 is 104. The second-order valence-electron chi connectivity index (χ2n) is 12.0. The predicted octanol–water partition coefficient (Wildman–Crippen LogP) is 4.70. The Hall–Kier alpha value is -4.97. The Kier molecular flexibility index (Phi) is 9.84. The minimum atomic E-state index is -5.05. The van der Waals surface area contributed by atoms with Gasteiger partial charge in [-0.25, -0.2) is 0 Å². The van der Waals surface area contributed by atoms with Crippen LogP contribution in [0.1, 0.15) is 45.0 Å². The summed E-state index contributed by atoms with van der Waals surface area (Å²) in [6.45, 7) is 4.23. The Morgan fingerprint density at radius 3 is 1.96 bits per heavy atom. The van der Waals surface area contributed by atoms with Gasteiger partial charge in [-0.05, 0) is 84.5 Å². The first-order valence-electron chi connectivity index (χ1n) is 15.3. The molecule has 0 bridgehead atoms. The molecular weight excluding hydrogens is 790 g/mol. The third-order valence-corrected chi connectivity index (χ3v) is 11.6. The van der Waals surface area contributed by atoms with Crippen molar-refractivity contribution in [1.29, 1.82) is 0 Å². The summed E-state index contributed by atoms with van der Waals surface area (Å²) in [6.07, 6.45) is -2.02. The lowest BCUT2D eigenvalue weighted by Crippen LogP contribution is -2.23. The average molecular weight is 819 g/mol. The fourth-order valence-electron chi connectivity index (χ4n) is 6.32. The summed E-state index contributed by atoms with van der Waals surface area (Å²) in [5, 5.41) is 31.0. The summed E-state index contributed by atoms with van der Waals surface area (Å²) in [5.41, 5.74) is 5.55. The van der Waals surface area contributed by atoms with E-state index < -0.39 is 62.9 Å². The zero-order valence-electron chi connectivity index (χ0n) is 28.0. The first-order chi connectivity index (χ1) is 25.1. The second-order valence-corrected chi connectivity index (χ2v) is 16.5. The van der Waals surface area contributed by atoms with Gasteiger partial charge in [-0.2, -0.15) is 40.2 Å². The Labute approximate surface area is 313 Å². The highest BCUT2D eigenvalue weighted by Gasteiger charge is 2.38. The minimum Gasteiger partial charge on any atom is -0.397 e. The SMILES string of the molecule is Cc1c(Nc2nc(Cl)nc(Nc3cccc(S(=O)(=O)O)c3)n2)c(C)c(S(=O)(=O)O)c(C)c1Nc1cc(S(=O)(=O)O)c(N)c2c1C(O)c1ccccc1[C]2O. The van der Waals surface area contributed by atoms with Crippen molar-refractivity contribution >= 4 is 82.3 Å². The third-order valence-electron chi connectivity index (χ3n) is 8.60. The third kappa shape index (κ3) is 7.15. The molecule has 0 saturated heterocycles. The van der Waals surface area contributed by atoms with Crippen LogP contribution in [0.25, 0.3) is 0 Å². The molecule has 1 aliphatic carbocycles. The molecule has 0 saturated carbocycles. The number of aliphatic hydroxyl groups is 2. The highest BCUT2D eigenvalue weighted by molar-refractivity contribution is 7.86. The van der Waals surface area contributed by atoms with Crippen LogP contribution in [0.3, 0.4) is 0 Å². The number of fused-ring (bicyclic) bond motifs is 2. The molecule has 22 heteroatoms. The Bertz CT molecular complexity index is 2730. The molecule has 1 aliphatic rings. The van der Waals surface area contributed by atoms with E-state index in [1.54, 1.807) is 12.1 Å². The van der Waals surface area contributed by atoms with Crippen LogP contribution >= 0.6 is 11.6 Å². The smallest absolute Gasteiger partial charge is 0.296 e. The number of benzene rings is 4. The van der Waals surface area contributed by atoms with Crippen molar-refractivity contribution < 1.29 is 49.1 Å². The van der Waals surface area contributed by atoms with Crippen LogP contribution in [0.4, 0.5) is 40.3 Å². The Morgan fingerprint density at radius 2 is 1.35 bits per heavy atom. The van der Waals surface area contributed by atoms with Crippen LogP contribution in [0, 0.1) is 26.9 Å². The van der Waals surface area contributed by atoms with E-state index in [9.17, 15) is 49.1 Å². The standard InChI is InChI=1S/C32H29ClN7O11S3/c1-13-25(36-20-12-21(53(46,47)48)24(34)23-22(20)27(41)18-9-4-5-10-19(18)28(23)42)14(2)29(54(49,50)51)15(3)26(13)37-32-39-30(33)38-31(40-32)35-16-7-6-8-17(11-16)52(43,44)45/h4-12,27,36,41-42H,34H2,1-3H3,(H,43,44,45)(H,46,47,48)(H,49,50,51)(H2,35,37,38,39,40). The van der Waals surface area contributed by atoms with Crippen LogP contribution in [0.5, 0.6) is 0 Å². The quantitative estimate of drug-likeness (QED) is 0.0719. The Morgan fingerprint density at radius 1 is 0.741 bits per heavy atom. The molecule has 1 radical (unpaired) electrons. The van der Waals surface area contributed by atoms with Crippen molar-refractivity contribution in [3.05, 3.63) is 105 Å². The number of aromatic nitrogens is 3. The largest absolute Gasteiger partial charge is 0.397 e. The van der Waals surface area contributed by atoms with E-state index >= 15 is 0 Å². The van der Waals surface area contributed by atoms with Gasteiger partial charge in [0.05, 0.1) is 16.3 Å². The predicted molar refractivity (Wildman–Crippen MR) is 196 cm³/mol. The maximum atomic E-state index is 12.9. The van der Waals surface area contributed by atoms with Gasteiger partial charge >= 0.3 is 0 Å². The Balaban J connectivity index is 1.51. The topological polar surface area (TPSA) is 304 Å². The molecule has 4 aromatic carbocycles. The lowest BCUT2D eigenvalue weighted by molar-refractivity contribution is 0.209. The number of halogens is 1. The van der Waals surface area contributed by atoms with Crippen molar-refractivity contribution in [2.24, 2.45) is 0 Å². The highest BCUT2D eigenvalue weighted by atomic mass is 35.5. The van der Waals surface area contributed by atoms with Gasteiger partial charge < -0.3 is 31.9 Å². The fourth-order valence-corrected chi connectivity index (χ4v) is 8.63. The van der Waals surface area contributed by atoms with Crippen LogP contribution in [0.15, 0.2) is 69.3 Å². The van der Waals surface area contributed by atoms with Gasteiger partial charge in [-0.15, -0.1) is 0 Å². The van der Waals surface area contributed by atoms with Crippen LogP contribution in [0.2, 0.25) is 5.28 Å². The number of nitrogen functional groups attached to an aromatic ring is 1. The summed E-state index contributed by atoms with van der Waals surface area (Å²) in [6, 6.07) is 12.1. The number of nitrogens with two attached hydrogens (primary N) is 1. The van der Waals surface area contributed by atoms with Gasteiger partial charge in [0.15, 0.2) is 6.10 Å². The number of rotatable bonds is 9. The first-order valence-corrected chi connectivity index (χ1v) is 20.0. The molecular formula is C32H29ClN7O11S3. The molecule has 1 aromatic heterocycles. The van der Waals surface area contributed by atoms with Gasteiger partial charge in [0.1, 0.15) is 15.9 Å². The molecule has 0 spiro atoms. The lowest BCUT2D eigenvalue weighted by Gasteiger charge is -2.32. The van der Waals surface area contributed by atoms with Crippen molar-refractivity contribution in [3.8, 4) is 0 Å². The molecule has 0 aliphatic heterocycles. The van der Waals surface area contributed by atoms with E-state index in [-0.39, 0.29) is 78.9 Å². The molecule has 6 rings (SSSR count). The fraction of sp³-hybridized carbons (Fsp3) is 0.125. The minimum absolute atomic E-state index is 0.00284. The number of hydrogen-bond acceptors (Lipinski definition) is 15. The van der Waals surface area contributed by atoms with Crippen molar-refractivity contribution in [3.63, 3.8) is 0 Å². The number of aliphatic hydroxyl groups excluding tert-OH is 2. The maximum Gasteiger partial charge on any atom is 0.296 e. The van der Waals surface area contributed by atoms with Crippen molar-refractivity contribution in [2.75, 3.05) is 21.7 Å². The van der Waals surface area contributed by atoms with E-state index in [1.807, 2.05) is 0 Å². The average Bonchev–Trinajstić information content (AvgIpc) is 3.06. The van der Waals surface area contributed by atoms with Gasteiger partial charge in [0.25, 0.3) is 30.4 Å². The summed E-state index contributed by atoms with van der Waals surface area (Å²) >= 11 is 6.17. The van der Waals surface area contributed by atoms with Crippen molar-refractivity contribution in [1.82, 2.24) is 15.0 Å². The van der Waals surface area contributed by atoms with Crippen LogP contribution in [-0.2, 0) is 30.4 Å². The maximum absolute atomic E-state index is 12.9.